The minimum Gasteiger partial charge on any atom is -0.493 e. The van der Waals surface area contributed by atoms with Crippen molar-refractivity contribution in [3.05, 3.63) is 47.2 Å². The zero-order valence-electron chi connectivity index (χ0n) is 13.6. The van der Waals surface area contributed by atoms with Gasteiger partial charge >= 0.3 is 0 Å². The molecule has 2 N–H and O–H groups in total. The third-order valence-corrected chi connectivity index (χ3v) is 4.49. The molecule has 0 aliphatic carbocycles. The van der Waals surface area contributed by atoms with Gasteiger partial charge in [-0.3, -0.25) is 0 Å². The third-order valence-electron chi connectivity index (χ3n) is 3.22. The molecular weight excluding hydrogens is 390 g/mol. The van der Waals surface area contributed by atoms with E-state index in [0.29, 0.717) is 17.3 Å². The van der Waals surface area contributed by atoms with Crippen LogP contribution in [0.2, 0.25) is 0 Å². The fraction of sp³-hybridized carbons (Fsp3) is 0.176. The number of fused-ring (bicyclic) bond motifs is 1. The largest absolute Gasteiger partial charge is 0.493 e. The number of hydrogen-bond acceptors (Lipinski definition) is 6. The van der Waals surface area contributed by atoms with E-state index in [-0.39, 0.29) is 0 Å². The van der Waals surface area contributed by atoms with Gasteiger partial charge in [-0.15, -0.1) is 11.8 Å². The molecule has 24 heavy (non-hydrogen) atoms. The van der Waals surface area contributed by atoms with Gasteiger partial charge in [0.25, 0.3) is 0 Å². The van der Waals surface area contributed by atoms with Crippen LogP contribution in [0.25, 0.3) is 10.9 Å². The number of anilines is 1. The Hall–Kier alpha value is -1.99. The Labute approximate surface area is 153 Å². The van der Waals surface area contributed by atoms with Gasteiger partial charge in [0, 0.05) is 20.8 Å². The predicted molar refractivity (Wildman–Crippen MR) is 103 cm³/mol. The highest BCUT2D eigenvalue weighted by Gasteiger charge is 2.08. The second-order valence-corrected chi connectivity index (χ2v) is 6.44. The van der Waals surface area contributed by atoms with E-state index < -0.39 is 0 Å². The molecule has 0 fully saturated rings. The third kappa shape index (κ3) is 4.52. The van der Waals surface area contributed by atoms with Crippen molar-refractivity contribution in [3.8, 4) is 11.5 Å². The number of ether oxygens (including phenoxy) is 2. The van der Waals surface area contributed by atoms with E-state index >= 15 is 0 Å². The number of halogens is 1. The number of nitrogens with two attached hydrogens (primary N) is 1. The fourth-order valence-corrected chi connectivity index (χ4v) is 2.65. The van der Waals surface area contributed by atoms with Gasteiger partial charge in [0.15, 0.2) is 11.5 Å². The Balaban J connectivity index is 0.000000198. The molecule has 0 amide bonds. The van der Waals surface area contributed by atoms with Crippen LogP contribution in [0, 0.1) is 0 Å². The van der Waals surface area contributed by atoms with Gasteiger partial charge in [-0.1, -0.05) is 15.9 Å². The van der Waals surface area contributed by atoms with Gasteiger partial charge in [-0.25, -0.2) is 9.97 Å². The number of thioether (sulfide) groups is 1. The molecule has 3 rings (SSSR count). The average molecular weight is 408 g/mol. The van der Waals surface area contributed by atoms with E-state index in [1.165, 1.54) is 11.2 Å². The second kappa shape index (κ2) is 8.75. The summed E-state index contributed by atoms with van der Waals surface area (Å²) in [6.45, 7) is 0. The summed E-state index contributed by atoms with van der Waals surface area (Å²) >= 11 is 5.12. The van der Waals surface area contributed by atoms with Crippen LogP contribution in [0.15, 0.2) is 52.1 Å². The first-order chi connectivity index (χ1) is 11.6. The highest BCUT2D eigenvalue weighted by Crippen LogP contribution is 2.32. The summed E-state index contributed by atoms with van der Waals surface area (Å²) in [4.78, 5) is 9.31. The quantitative estimate of drug-likeness (QED) is 0.648. The van der Waals surface area contributed by atoms with E-state index in [1.807, 2.05) is 12.1 Å². The molecule has 0 unspecified atom stereocenters. The van der Waals surface area contributed by atoms with Crippen molar-refractivity contribution >= 4 is 44.4 Å². The van der Waals surface area contributed by atoms with Crippen LogP contribution in [0.1, 0.15) is 0 Å². The molecular formula is C17H18BrN3O2S. The van der Waals surface area contributed by atoms with Crippen molar-refractivity contribution < 1.29 is 9.47 Å². The SMILES string of the molecule is COc1cc2ncnc(N)c2cc1OC.CSc1ccc(Br)cc1. The van der Waals surface area contributed by atoms with Gasteiger partial charge < -0.3 is 15.2 Å². The highest BCUT2D eigenvalue weighted by molar-refractivity contribution is 9.10. The van der Waals surface area contributed by atoms with E-state index in [2.05, 4.69) is 44.3 Å². The summed E-state index contributed by atoms with van der Waals surface area (Å²) < 4.78 is 11.5. The summed E-state index contributed by atoms with van der Waals surface area (Å²) in [6, 6.07) is 11.8. The number of benzene rings is 2. The smallest absolute Gasteiger partial charge is 0.162 e. The van der Waals surface area contributed by atoms with Crippen molar-refractivity contribution in [3.63, 3.8) is 0 Å². The molecule has 0 saturated heterocycles. The van der Waals surface area contributed by atoms with Crippen LogP contribution in [0.3, 0.4) is 0 Å². The van der Waals surface area contributed by atoms with Crippen LogP contribution < -0.4 is 15.2 Å². The molecule has 0 atom stereocenters. The molecule has 0 saturated carbocycles. The lowest BCUT2D eigenvalue weighted by molar-refractivity contribution is 0.356. The Morgan fingerprint density at radius 2 is 1.62 bits per heavy atom. The molecule has 7 heteroatoms. The van der Waals surface area contributed by atoms with Crippen molar-refractivity contribution in [2.45, 2.75) is 4.90 Å². The lowest BCUT2D eigenvalue weighted by atomic mass is 10.2. The Morgan fingerprint density at radius 3 is 2.21 bits per heavy atom. The standard InChI is InChI=1S/C10H11N3O2.C7H7BrS/c1-14-8-3-6-7(4-9(8)15-2)12-5-13-10(6)11;1-9-7-4-2-6(8)3-5-7/h3-5H,1-2H3,(H2,11,12,13);2-5H,1H3. The first kappa shape index (κ1) is 18.4. The molecule has 126 valence electrons. The number of aromatic nitrogens is 2. The van der Waals surface area contributed by atoms with Crippen LogP contribution in [0.5, 0.6) is 11.5 Å². The maximum Gasteiger partial charge on any atom is 0.162 e. The van der Waals surface area contributed by atoms with E-state index in [9.17, 15) is 0 Å². The van der Waals surface area contributed by atoms with E-state index in [4.69, 9.17) is 15.2 Å². The molecule has 0 spiro atoms. The summed E-state index contributed by atoms with van der Waals surface area (Å²) in [5, 5.41) is 0.759. The van der Waals surface area contributed by atoms with Gasteiger partial charge in [0.05, 0.1) is 19.7 Å². The van der Waals surface area contributed by atoms with Crippen LogP contribution in [-0.4, -0.2) is 30.4 Å². The van der Waals surface area contributed by atoms with Crippen LogP contribution >= 0.6 is 27.7 Å². The van der Waals surface area contributed by atoms with Crippen molar-refractivity contribution in [1.29, 1.82) is 0 Å². The van der Waals surface area contributed by atoms with Crippen LogP contribution in [-0.2, 0) is 0 Å². The van der Waals surface area contributed by atoms with Gasteiger partial charge in [-0.2, -0.15) is 0 Å². The van der Waals surface area contributed by atoms with E-state index in [1.54, 1.807) is 38.1 Å². The molecule has 0 bridgehead atoms. The number of nitrogens with zero attached hydrogens (tertiary/aromatic N) is 2. The maximum atomic E-state index is 5.72. The van der Waals surface area contributed by atoms with Crippen molar-refractivity contribution in [2.24, 2.45) is 0 Å². The summed E-state index contributed by atoms with van der Waals surface area (Å²) in [6.07, 6.45) is 3.49. The Morgan fingerprint density at radius 1 is 1.00 bits per heavy atom. The zero-order chi connectivity index (χ0) is 17.5. The number of hydrogen-bond donors (Lipinski definition) is 1. The first-order valence-corrected chi connectivity index (χ1v) is 9.02. The number of rotatable bonds is 3. The summed E-state index contributed by atoms with van der Waals surface area (Å²) in [5.74, 6) is 1.68. The van der Waals surface area contributed by atoms with Crippen molar-refractivity contribution in [2.75, 3.05) is 26.2 Å². The van der Waals surface area contributed by atoms with Crippen LogP contribution in [0.4, 0.5) is 5.82 Å². The van der Waals surface area contributed by atoms with Gasteiger partial charge in [-0.05, 0) is 36.6 Å². The van der Waals surface area contributed by atoms with Gasteiger partial charge in [0.1, 0.15) is 12.1 Å². The molecule has 0 aliphatic rings. The molecule has 0 radical (unpaired) electrons. The van der Waals surface area contributed by atoms with Gasteiger partial charge in [0.2, 0.25) is 0 Å². The summed E-state index contributed by atoms with van der Waals surface area (Å²) in [5.41, 5.74) is 6.46. The zero-order valence-corrected chi connectivity index (χ0v) is 16.0. The molecule has 5 nitrogen and oxygen atoms in total. The Kier molecular flexibility index (Phi) is 6.69. The molecule has 2 aromatic carbocycles. The molecule has 1 aromatic heterocycles. The first-order valence-electron chi connectivity index (χ1n) is 7.00. The minimum absolute atomic E-state index is 0.431. The topological polar surface area (TPSA) is 70.3 Å². The highest BCUT2D eigenvalue weighted by atomic mass is 79.9. The maximum absolute atomic E-state index is 5.72. The number of methoxy groups -OCH3 is 2. The van der Waals surface area contributed by atoms with E-state index in [0.717, 1.165) is 15.4 Å². The summed E-state index contributed by atoms with van der Waals surface area (Å²) in [7, 11) is 3.15. The average Bonchev–Trinajstić information content (AvgIpc) is 2.62. The predicted octanol–water partition coefficient (Wildman–Crippen LogP) is 4.40. The lowest BCUT2D eigenvalue weighted by Gasteiger charge is -2.08. The fourth-order valence-electron chi connectivity index (χ4n) is 1.97. The van der Waals surface area contributed by atoms with Crippen molar-refractivity contribution in [1.82, 2.24) is 9.97 Å². The Bertz CT molecular complexity index is 813. The number of nitrogen functional groups attached to an aromatic ring is 1. The molecule has 0 aliphatic heterocycles. The molecule has 3 aromatic rings. The lowest BCUT2D eigenvalue weighted by Crippen LogP contribution is -1.96. The molecule has 1 heterocycles. The minimum atomic E-state index is 0.431. The monoisotopic (exact) mass is 407 g/mol. The second-order valence-electron chi connectivity index (χ2n) is 4.64. The normalized spacial score (nSPS) is 10.0.